The van der Waals surface area contributed by atoms with Gasteiger partial charge in [-0.2, -0.15) is 5.26 Å². The lowest BCUT2D eigenvalue weighted by Crippen LogP contribution is -2.14. The number of ketones is 3. The van der Waals surface area contributed by atoms with Crippen LogP contribution in [0.15, 0.2) is 81.7 Å². The molecule has 0 bridgehead atoms. The van der Waals surface area contributed by atoms with Crippen LogP contribution in [0.5, 0.6) is 0 Å². The van der Waals surface area contributed by atoms with E-state index in [1.165, 1.54) is 48.5 Å². The molecule has 0 saturated carbocycles. The number of rotatable bonds is 8. The molecule has 0 aliphatic heterocycles. The van der Waals surface area contributed by atoms with Crippen LogP contribution in [-0.2, 0) is 6.54 Å². The fourth-order valence-electron chi connectivity index (χ4n) is 4.83. The summed E-state index contributed by atoms with van der Waals surface area (Å²) in [6.45, 7) is 17.8. The summed E-state index contributed by atoms with van der Waals surface area (Å²) in [7, 11) is 0. The maximum absolute atomic E-state index is 13.6. The number of hydrogen-bond acceptors (Lipinski definition) is 6. The van der Waals surface area contributed by atoms with E-state index in [1.807, 2.05) is 68.4 Å². The molecule has 7 nitrogen and oxygen atoms in total. The third-order valence-electron chi connectivity index (χ3n) is 7.43. The van der Waals surface area contributed by atoms with E-state index in [1.54, 1.807) is 12.1 Å². The van der Waals surface area contributed by atoms with E-state index in [9.17, 15) is 36.7 Å². The van der Waals surface area contributed by atoms with Gasteiger partial charge in [0.25, 0.3) is 0 Å². The van der Waals surface area contributed by atoms with Gasteiger partial charge in [0.15, 0.2) is 17.3 Å². The molecule has 0 aliphatic rings. The van der Waals surface area contributed by atoms with Crippen molar-refractivity contribution >= 4 is 55.2 Å². The molecule has 4 aromatic rings. The summed E-state index contributed by atoms with van der Waals surface area (Å²) in [5, 5.41) is 17.0. The molecule has 0 heterocycles. The third kappa shape index (κ3) is 19.3. The number of Topliss-reactive ketones (excluding diaryl/α,β-unsaturated/α-hetero) is 3. The Bertz CT molecular complexity index is 2130. The summed E-state index contributed by atoms with van der Waals surface area (Å²) >= 11 is 6.17. The highest BCUT2D eigenvalue weighted by Gasteiger charge is 2.22. The van der Waals surface area contributed by atoms with Crippen LogP contribution in [0.25, 0.3) is 0 Å². The van der Waals surface area contributed by atoms with Crippen molar-refractivity contribution in [3.05, 3.63) is 138 Å². The SMILES string of the molecule is CC(C)(C)CC(=O)c1ccc(Br)cc1F.CC(C)(C)CC(=O)c1ccc(C#N)cc1F.CC(C)(C)CC(=O)c1ccc(CN)cc1F.O=C(O)c1ccc(Br)cc1F. The highest BCUT2D eigenvalue weighted by atomic mass is 79.9. The molecule has 4 rings (SSSR count). The Kier molecular flexibility index (Phi) is 20.1. The van der Waals surface area contributed by atoms with Gasteiger partial charge in [-0.3, -0.25) is 14.4 Å². The monoisotopic (exact) mass is 932 g/mol. The van der Waals surface area contributed by atoms with Gasteiger partial charge in [-0.1, -0.05) is 100 Å². The van der Waals surface area contributed by atoms with Gasteiger partial charge in [-0.15, -0.1) is 0 Å². The molecular weight excluding hydrogens is 884 g/mol. The number of nitriles is 1. The number of aromatic carboxylic acids is 1. The van der Waals surface area contributed by atoms with Crippen LogP contribution < -0.4 is 5.73 Å². The molecule has 0 amide bonds. The first-order chi connectivity index (χ1) is 26.6. The quantitative estimate of drug-likeness (QED) is 0.132. The molecule has 0 saturated heterocycles. The molecule has 0 radical (unpaired) electrons. The van der Waals surface area contributed by atoms with Crippen molar-refractivity contribution in [1.82, 2.24) is 0 Å². The average Bonchev–Trinajstić information content (AvgIpc) is 3.06. The standard InChI is InChI=1S/C13H18FNO.C13H14FNO.C12H14BrFO.C7H4BrFO2/c2*1-13(2,3)7-12(16)10-5-4-9(8-15)6-11(10)14;1-12(2,3)7-11(15)9-5-4-8(13)6-10(9)14;8-4-1-2-5(7(10)11)6(9)3-4/h4-6H,7-8,15H2,1-3H3;4-6H,7H2,1-3H3;4-6H,7H2,1-3H3;1-3H,(H,10,11). The van der Waals surface area contributed by atoms with E-state index in [0.717, 1.165) is 12.1 Å². The van der Waals surface area contributed by atoms with Crippen molar-refractivity contribution in [2.45, 2.75) is 88.1 Å². The summed E-state index contributed by atoms with van der Waals surface area (Å²) in [4.78, 5) is 45.6. The predicted molar refractivity (Wildman–Crippen MR) is 226 cm³/mol. The normalized spacial score (nSPS) is 11.0. The highest BCUT2D eigenvalue weighted by Crippen LogP contribution is 2.26. The van der Waals surface area contributed by atoms with Gasteiger partial charge < -0.3 is 10.8 Å². The van der Waals surface area contributed by atoms with Gasteiger partial charge in [0, 0.05) is 34.8 Å². The van der Waals surface area contributed by atoms with Crippen LogP contribution in [0, 0.1) is 50.8 Å². The van der Waals surface area contributed by atoms with Crippen molar-refractivity contribution in [2.24, 2.45) is 22.0 Å². The van der Waals surface area contributed by atoms with E-state index >= 15 is 0 Å². The first-order valence-electron chi connectivity index (χ1n) is 18.0. The molecule has 0 spiro atoms. The van der Waals surface area contributed by atoms with Crippen LogP contribution in [0.3, 0.4) is 0 Å². The molecule has 0 fully saturated rings. The molecular formula is C45H50Br2F4N2O5. The van der Waals surface area contributed by atoms with Crippen molar-refractivity contribution < 1.29 is 41.8 Å². The van der Waals surface area contributed by atoms with Crippen LogP contribution >= 0.6 is 31.9 Å². The van der Waals surface area contributed by atoms with Crippen LogP contribution in [0.1, 0.15) is 134 Å². The Morgan fingerprint density at radius 1 is 0.569 bits per heavy atom. The van der Waals surface area contributed by atoms with Gasteiger partial charge in [-0.25, -0.2) is 22.4 Å². The third-order valence-corrected chi connectivity index (χ3v) is 8.42. The van der Waals surface area contributed by atoms with E-state index in [-0.39, 0.29) is 74.4 Å². The number of benzene rings is 4. The maximum atomic E-state index is 13.6. The van der Waals surface area contributed by atoms with E-state index in [0.29, 0.717) is 27.4 Å². The Balaban J connectivity index is 0.000000390. The second kappa shape index (κ2) is 22.6. The Hall–Kier alpha value is -4.51. The Morgan fingerprint density at radius 3 is 1.19 bits per heavy atom. The minimum atomic E-state index is -1.25. The predicted octanol–water partition coefficient (Wildman–Crippen LogP) is 12.7. The molecule has 0 aromatic heterocycles. The number of halogens is 6. The lowest BCUT2D eigenvalue weighted by Gasteiger charge is -2.17. The number of carbonyl (C=O) groups is 4. The van der Waals surface area contributed by atoms with Gasteiger partial charge in [-0.05, 0) is 88.5 Å². The van der Waals surface area contributed by atoms with Crippen molar-refractivity contribution in [3.8, 4) is 6.07 Å². The number of carbonyl (C=O) groups excluding carboxylic acids is 3. The zero-order chi connectivity index (χ0) is 44.8. The average molecular weight is 935 g/mol. The van der Waals surface area contributed by atoms with E-state index < -0.39 is 29.2 Å². The zero-order valence-electron chi connectivity index (χ0n) is 34.1. The minimum absolute atomic E-state index is 0.0638. The molecule has 0 aliphatic carbocycles. The smallest absolute Gasteiger partial charge is 0.338 e. The number of nitrogens with zero attached hydrogens (tertiary/aromatic N) is 1. The summed E-state index contributed by atoms with van der Waals surface area (Å²) in [5.74, 6) is -4.07. The van der Waals surface area contributed by atoms with Crippen molar-refractivity contribution in [3.63, 3.8) is 0 Å². The lowest BCUT2D eigenvalue weighted by molar-refractivity contribution is 0.0690. The topological polar surface area (TPSA) is 138 Å². The molecule has 4 aromatic carbocycles. The van der Waals surface area contributed by atoms with Crippen LogP contribution in [0.2, 0.25) is 0 Å². The summed E-state index contributed by atoms with van der Waals surface area (Å²) < 4.78 is 54.4. The first kappa shape index (κ1) is 51.5. The Labute approximate surface area is 355 Å². The largest absolute Gasteiger partial charge is 0.478 e. The lowest BCUT2D eigenvalue weighted by atomic mass is 9.87. The summed E-state index contributed by atoms with van der Waals surface area (Å²) in [6.07, 6.45) is 0.979. The van der Waals surface area contributed by atoms with Gasteiger partial charge >= 0.3 is 5.97 Å². The molecule has 312 valence electrons. The number of carboxylic acids is 1. The van der Waals surface area contributed by atoms with Crippen molar-refractivity contribution in [1.29, 1.82) is 5.26 Å². The van der Waals surface area contributed by atoms with Gasteiger partial charge in [0.1, 0.15) is 23.3 Å². The Morgan fingerprint density at radius 2 is 0.897 bits per heavy atom. The van der Waals surface area contributed by atoms with Gasteiger partial charge in [0.05, 0.1) is 33.9 Å². The second-order valence-electron chi connectivity index (χ2n) is 16.9. The summed E-state index contributed by atoms with van der Waals surface area (Å²) in [5.41, 5.74) is 5.99. The number of hydrogen-bond donors (Lipinski definition) is 2. The zero-order valence-corrected chi connectivity index (χ0v) is 37.3. The number of carboxylic acid groups (broad SMARTS) is 1. The molecule has 58 heavy (non-hydrogen) atoms. The summed E-state index contributed by atoms with van der Waals surface area (Å²) in [6, 6.07) is 18.6. The van der Waals surface area contributed by atoms with E-state index in [4.69, 9.17) is 16.1 Å². The molecule has 0 atom stereocenters. The molecule has 3 N–H and O–H groups in total. The number of nitrogens with two attached hydrogens (primary N) is 1. The van der Waals surface area contributed by atoms with Crippen LogP contribution in [-0.4, -0.2) is 28.4 Å². The fourth-order valence-corrected chi connectivity index (χ4v) is 5.50. The molecule has 13 heteroatoms. The highest BCUT2D eigenvalue weighted by molar-refractivity contribution is 9.10. The van der Waals surface area contributed by atoms with Crippen molar-refractivity contribution in [2.75, 3.05) is 0 Å². The molecule has 0 unspecified atom stereocenters. The van der Waals surface area contributed by atoms with Crippen LogP contribution in [0.4, 0.5) is 17.6 Å². The second-order valence-corrected chi connectivity index (χ2v) is 18.7. The maximum Gasteiger partial charge on any atom is 0.338 e. The van der Waals surface area contributed by atoms with E-state index in [2.05, 4.69) is 31.9 Å². The minimum Gasteiger partial charge on any atom is -0.478 e. The fraction of sp³-hybridized carbons (Fsp3) is 0.356. The van der Waals surface area contributed by atoms with Gasteiger partial charge in [0.2, 0.25) is 0 Å². The first-order valence-corrected chi connectivity index (χ1v) is 19.6.